The molecule has 0 saturated carbocycles. The summed E-state index contributed by atoms with van der Waals surface area (Å²) in [5.41, 5.74) is 0.929. The zero-order chi connectivity index (χ0) is 23.1. The first-order chi connectivity index (χ1) is 15.6. The summed E-state index contributed by atoms with van der Waals surface area (Å²) in [6.07, 6.45) is 1.19. The van der Waals surface area contributed by atoms with E-state index in [1.165, 1.54) is 0 Å². The predicted molar refractivity (Wildman–Crippen MR) is 126 cm³/mol. The van der Waals surface area contributed by atoms with Crippen molar-refractivity contribution in [2.24, 2.45) is 0 Å². The van der Waals surface area contributed by atoms with Gasteiger partial charge in [0.05, 0.1) is 29.7 Å². The van der Waals surface area contributed by atoms with Gasteiger partial charge in [-0.05, 0) is 37.1 Å². The number of methoxy groups -OCH3 is 2. The fraction of sp³-hybridized carbons (Fsp3) is 0.375. The number of alkyl halides is 1. The molecule has 2 aromatic carbocycles. The molecule has 0 aliphatic rings. The lowest BCUT2D eigenvalue weighted by molar-refractivity contribution is -0.131. The highest BCUT2D eigenvalue weighted by atomic mass is 35.5. The maximum Gasteiger partial charge on any atom is 0.266 e. The normalized spacial score (nSPS) is 12.0. The Kier molecular flexibility index (Phi) is 8.25. The van der Waals surface area contributed by atoms with Crippen LogP contribution in [0.2, 0.25) is 0 Å². The summed E-state index contributed by atoms with van der Waals surface area (Å²) in [5.74, 6) is 0.633. The third kappa shape index (κ3) is 4.79. The van der Waals surface area contributed by atoms with Crippen LogP contribution < -0.4 is 10.3 Å². The molecule has 0 N–H and O–H groups in total. The molecule has 0 aliphatic carbocycles. The predicted octanol–water partition coefficient (Wildman–Crippen LogP) is 3.95. The number of hydrogen-bond donors (Lipinski definition) is 0. The first-order valence-corrected chi connectivity index (χ1v) is 11.1. The Morgan fingerprint density at radius 3 is 2.56 bits per heavy atom. The van der Waals surface area contributed by atoms with E-state index in [2.05, 4.69) is 0 Å². The van der Waals surface area contributed by atoms with Gasteiger partial charge in [0.2, 0.25) is 5.91 Å². The third-order valence-corrected chi connectivity index (χ3v) is 5.60. The molecule has 0 saturated heterocycles. The molecule has 0 bridgehead atoms. The molecule has 170 valence electrons. The molecule has 32 heavy (non-hydrogen) atoms. The average Bonchev–Trinajstić information content (AvgIpc) is 2.83. The number of hydrogen-bond acceptors (Lipinski definition) is 5. The standard InChI is InChI=1S/C24H28ClN3O4/c1-4-19(27(22(29)16-25)14-9-15-31-2)23-26-18-11-6-5-10-17(18)24(30)28(23)20-12-7-8-13-21(20)32-3/h5-8,10-13,19H,4,9,14-16H2,1-3H3. The van der Waals surface area contributed by atoms with Gasteiger partial charge in [0.15, 0.2) is 0 Å². The van der Waals surface area contributed by atoms with Crippen molar-refractivity contribution in [3.63, 3.8) is 0 Å². The Balaban J connectivity index is 2.29. The number of fused-ring (bicyclic) bond motifs is 1. The molecule has 3 rings (SSSR count). The summed E-state index contributed by atoms with van der Waals surface area (Å²) in [6, 6.07) is 14.0. The van der Waals surface area contributed by atoms with Gasteiger partial charge in [-0.15, -0.1) is 11.6 Å². The van der Waals surface area contributed by atoms with E-state index in [-0.39, 0.29) is 17.3 Å². The van der Waals surface area contributed by atoms with E-state index in [0.29, 0.717) is 54.2 Å². The minimum atomic E-state index is -0.458. The van der Waals surface area contributed by atoms with Gasteiger partial charge in [0.25, 0.3) is 5.56 Å². The Morgan fingerprint density at radius 1 is 1.16 bits per heavy atom. The summed E-state index contributed by atoms with van der Waals surface area (Å²) in [4.78, 5) is 33.0. The highest BCUT2D eigenvalue weighted by molar-refractivity contribution is 6.27. The Hall–Kier alpha value is -2.90. The van der Waals surface area contributed by atoms with Crippen LogP contribution >= 0.6 is 11.6 Å². The number of ether oxygens (including phenoxy) is 2. The molecule has 8 heteroatoms. The van der Waals surface area contributed by atoms with Gasteiger partial charge >= 0.3 is 0 Å². The molecule has 1 unspecified atom stereocenters. The van der Waals surface area contributed by atoms with Crippen LogP contribution in [0.3, 0.4) is 0 Å². The maximum absolute atomic E-state index is 13.7. The molecule has 1 heterocycles. The lowest BCUT2D eigenvalue weighted by atomic mass is 10.1. The quantitative estimate of drug-likeness (QED) is 0.340. The van der Waals surface area contributed by atoms with Crippen molar-refractivity contribution in [2.45, 2.75) is 25.8 Å². The molecular weight excluding hydrogens is 430 g/mol. The molecule has 0 radical (unpaired) electrons. The Labute approximate surface area is 192 Å². The summed E-state index contributed by atoms with van der Waals surface area (Å²) in [6.45, 7) is 2.91. The number of halogens is 1. The van der Waals surface area contributed by atoms with E-state index in [9.17, 15) is 9.59 Å². The van der Waals surface area contributed by atoms with Crippen LogP contribution in [0.5, 0.6) is 5.75 Å². The van der Waals surface area contributed by atoms with E-state index in [0.717, 1.165) is 0 Å². The summed E-state index contributed by atoms with van der Waals surface area (Å²) >= 11 is 5.95. The maximum atomic E-state index is 13.7. The van der Waals surface area contributed by atoms with Crippen molar-refractivity contribution >= 4 is 28.4 Å². The number of amides is 1. The summed E-state index contributed by atoms with van der Waals surface area (Å²) in [5, 5.41) is 0.492. The summed E-state index contributed by atoms with van der Waals surface area (Å²) in [7, 11) is 3.18. The fourth-order valence-corrected chi connectivity index (χ4v) is 4.03. The number of carbonyl (C=O) groups is 1. The van der Waals surface area contributed by atoms with Crippen molar-refractivity contribution in [3.05, 3.63) is 64.7 Å². The van der Waals surface area contributed by atoms with Crippen LogP contribution in [0.25, 0.3) is 16.6 Å². The van der Waals surface area contributed by atoms with Gasteiger partial charge < -0.3 is 14.4 Å². The van der Waals surface area contributed by atoms with Crippen molar-refractivity contribution in [1.29, 1.82) is 0 Å². The van der Waals surface area contributed by atoms with Crippen LogP contribution in [0.1, 0.15) is 31.6 Å². The van der Waals surface area contributed by atoms with E-state index in [4.69, 9.17) is 26.1 Å². The lowest BCUT2D eigenvalue weighted by Crippen LogP contribution is -2.40. The number of rotatable bonds is 10. The van der Waals surface area contributed by atoms with E-state index in [1.807, 2.05) is 37.3 Å². The Bertz CT molecular complexity index is 1130. The monoisotopic (exact) mass is 457 g/mol. The first kappa shape index (κ1) is 23.8. The van der Waals surface area contributed by atoms with Crippen LogP contribution in [0.4, 0.5) is 0 Å². The molecule has 0 spiro atoms. The molecular formula is C24H28ClN3O4. The largest absolute Gasteiger partial charge is 0.495 e. The minimum Gasteiger partial charge on any atom is -0.495 e. The molecule has 0 fully saturated rings. The van der Waals surface area contributed by atoms with Crippen molar-refractivity contribution in [3.8, 4) is 11.4 Å². The zero-order valence-electron chi connectivity index (χ0n) is 18.6. The third-order valence-electron chi connectivity index (χ3n) is 5.37. The number of carbonyl (C=O) groups excluding carboxylic acids is 1. The highest BCUT2D eigenvalue weighted by Crippen LogP contribution is 2.29. The number of benzene rings is 2. The molecule has 3 aromatic rings. The van der Waals surface area contributed by atoms with E-state index < -0.39 is 6.04 Å². The smallest absolute Gasteiger partial charge is 0.266 e. The van der Waals surface area contributed by atoms with E-state index >= 15 is 0 Å². The van der Waals surface area contributed by atoms with Crippen molar-refractivity contribution in [1.82, 2.24) is 14.5 Å². The zero-order valence-corrected chi connectivity index (χ0v) is 19.3. The van der Waals surface area contributed by atoms with Crippen molar-refractivity contribution in [2.75, 3.05) is 33.3 Å². The molecule has 1 aromatic heterocycles. The number of para-hydroxylation sites is 3. The van der Waals surface area contributed by atoms with Gasteiger partial charge in [0, 0.05) is 20.3 Å². The van der Waals surface area contributed by atoms with Gasteiger partial charge in [-0.25, -0.2) is 4.98 Å². The molecule has 7 nitrogen and oxygen atoms in total. The topological polar surface area (TPSA) is 73.7 Å². The molecule has 0 aliphatic heterocycles. The molecule has 1 amide bonds. The lowest BCUT2D eigenvalue weighted by Gasteiger charge is -2.32. The Morgan fingerprint density at radius 2 is 1.88 bits per heavy atom. The second kappa shape index (κ2) is 11.1. The SMILES string of the molecule is CCC(c1nc2ccccc2c(=O)n1-c1ccccc1OC)N(CCCOC)C(=O)CCl. The average molecular weight is 458 g/mol. The van der Waals surface area contributed by atoms with Gasteiger partial charge in [-0.2, -0.15) is 0 Å². The second-order valence-electron chi connectivity index (χ2n) is 7.29. The minimum absolute atomic E-state index is 0.157. The van der Waals surface area contributed by atoms with Gasteiger partial charge in [-0.1, -0.05) is 31.2 Å². The van der Waals surface area contributed by atoms with Gasteiger partial charge in [-0.3, -0.25) is 14.2 Å². The first-order valence-electron chi connectivity index (χ1n) is 10.6. The second-order valence-corrected chi connectivity index (χ2v) is 7.56. The molecule has 1 atom stereocenters. The van der Waals surface area contributed by atoms with Gasteiger partial charge in [0.1, 0.15) is 17.5 Å². The van der Waals surface area contributed by atoms with Crippen LogP contribution in [0, 0.1) is 0 Å². The highest BCUT2D eigenvalue weighted by Gasteiger charge is 2.29. The van der Waals surface area contributed by atoms with E-state index in [1.54, 1.807) is 41.9 Å². The summed E-state index contributed by atoms with van der Waals surface area (Å²) < 4.78 is 12.3. The fourth-order valence-electron chi connectivity index (χ4n) is 3.87. The number of nitrogens with zero attached hydrogens (tertiary/aromatic N) is 3. The number of aromatic nitrogens is 2. The van der Waals surface area contributed by atoms with Crippen LogP contribution in [0.15, 0.2) is 53.3 Å². The van der Waals surface area contributed by atoms with Crippen LogP contribution in [-0.2, 0) is 9.53 Å². The van der Waals surface area contributed by atoms with Crippen molar-refractivity contribution < 1.29 is 14.3 Å². The van der Waals surface area contributed by atoms with Crippen LogP contribution in [-0.4, -0.2) is 53.6 Å².